The van der Waals surface area contributed by atoms with Crippen LogP contribution in [0.5, 0.6) is 0 Å². The average molecular weight is 550 g/mol. The van der Waals surface area contributed by atoms with E-state index in [1.807, 2.05) is 69.3 Å². The van der Waals surface area contributed by atoms with Gasteiger partial charge in [0.25, 0.3) is 0 Å². The molecule has 3 amide bonds. The highest BCUT2D eigenvalue weighted by molar-refractivity contribution is 5.93. The van der Waals surface area contributed by atoms with Crippen molar-refractivity contribution in [3.05, 3.63) is 70.8 Å². The first kappa shape index (κ1) is 31.2. The maximum Gasteiger partial charge on any atom is 0.408 e. The SMILES string of the molecule is CCCC(C)NC(=O)C(c1cc(C)ccc1C)N(C(=O)C(Cc1ccccc1)NC(=O)OC(C)(C)C)C1CC1C. The molecule has 1 fully saturated rings. The third kappa shape index (κ3) is 8.57. The Balaban J connectivity index is 2.07. The number of benzene rings is 2. The molecule has 0 heterocycles. The van der Waals surface area contributed by atoms with Crippen LogP contribution in [0.2, 0.25) is 0 Å². The highest BCUT2D eigenvalue weighted by Crippen LogP contribution is 2.41. The fourth-order valence-corrected chi connectivity index (χ4v) is 5.15. The number of carbonyl (C=O) groups excluding carboxylic acids is 3. The summed E-state index contributed by atoms with van der Waals surface area (Å²) in [5.74, 6) is -0.234. The topological polar surface area (TPSA) is 87.7 Å². The minimum Gasteiger partial charge on any atom is -0.444 e. The second-order valence-corrected chi connectivity index (χ2v) is 12.4. The Morgan fingerprint density at radius 1 is 1.05 bits per heavy atom. The lowest BCUT2D eigenvalue weighted by molar-refractivity contribution is -0.143. The van der Waals surface area contributed by atoms with Gasteiger partial charge in [-0.25, -0.2) is 4.79 Å². The van der Waals surface area contributed by atoms with Crippen LogP contribution in [-0.2, 0) is 20.7 Å². The summed E-state index contributed by atoms with van der Waals surface area (Å²) in [6.45, 7) is 15.5. The van der Waals surface area contributed by atoms with Gasteiger partial charge in [-0.3, -0.25) is 9.59 Å². The van der Waals surface area contributed by atoms with Crippen molar-refractivity contribution in [2.24, 2.45) is 5.92 Å². The maximum absolute atomic E-state index is 14.6. The monoisotopic (exact) mass is 549 g/mol. The van der Waals surface area contributed by atoms with Gasteiger partial charge in [0.1, 0.15) is 17.7 Å². The summed E-state index contributed by atoms with van der Waals surface area (Å²) in [7, 11) is 0. The highest BCUT2D eigenvalue weighted by Gasteiger charge is 2.48. The van der Waals surface area contributed by atoms with Crippen molar-refractivity contribution in [1.29, 1.82) is 0 Å². The van der Waals surface area contributed by atoms with E-state index in [4.69, 9.17) is 4.74 Å². The van der Waals surface area contributed by atoms with Crippen molar-refractivity contribution in [2.75, 3.05) is 0 Å². The van der Waals surface area contributed by atoms with Gasteiger partial charge >= 0.3 is 6.09 Å². The number of rotatable bonds is 11. The Kier molecular flexibility index (Phi) is 10.4. The lowest BCUT2D eigenvalue weighted by Crippen LogP contribution is -2.55. The molecule has 2 N–H and O–H groups in total. The molecule has 0 radical (unpaired) electrons. The first-order valence-corrected chi connectivity index (χ1v) is 14.5. The standard InChI is InChI=1S/C33H47N3O4/c1-9-13-24(5)34-30(37)29(26-18-21(2)16-17-22(26)3)36(28-19-23(28)4)31(38)27(20-25-14-11-10-12-15-25)35-32(39)40-33(6,7)8/h10-12,14-18,23-24,27-29H,9,13,19-20H2,1-8H3,(H,34,37)(H,35,39). The Morgan fingerprint density at radius 3 is 2.27 bits per heavy atom. The fraction of sp³-hybridized carbons (Fsp3) is 0.545. The Morgan fingerprint density at radius 2 is 1.70 bits per heavy atom. The molecule has 7 heteroatoms. The van der Waals surface area contributed by atoms with Crippen LogP contribution in [-0.4, -0.2) is 46.5 Å². The first-order chi connectivity index (χ1) is 18.8. The van der Waals surface area contributed by atoms with E-state index in [9.17, 15) is 14.4 Å². The van der Waals surface area contributed by atoms with Crippen LogP contribution in [0.4, 0.5) is 4.79 Å². The number of ether oxygens (including phenoxy) is 1. The molecular formula is C33H47N3O4. The molecule has 0 bridgehead atoms. The van der Waals surface area contributed by atoms with Crippen molar-refractivity contribution in [3.8, 4) is 0 Å². The molecule has 0 saturated heterocycles. The van der Waals surface area contributed by atoms with E-state index >= 15 is 0 Å². The van der Waals surface area contributed by atoms with E-state index in [0.717, 1.165) is 41.5 Å². The van der Waals surface area contributed by atoms with Gasteiger partial charge in [0, 0.05) is 18.5 Å². The molecule has 1 aliphatic carbocycles. The highest BCUT2D eigenvalue weighted by atomic mass is 16.6. The van der Waals surface area contributed by atoms with E-state index in [1.165, 1.54) is 0 Å². The van der Waals surface area contributed by atoms with Gasteiger partial charge in [-0.05, 0) is 77.0 Å². The van der Waals surface area contributed by atoms with Crippen molar-refractivity contribution in [1.82, 2.24) is 15.5 Å². The van der Waals surface area contributed by atoms with Gasteiger partial charge in [0.2, 0.25) is 11.8 Å². The lowest BCUT2D eigenvalue weighted by Gasteiger charge is -2.36. The summed E-state index contributed by atoms with van der Waals surface area (Å²) in [6, 6.07) is 13.8. The van der Waals surface area contributed by atoms with Gasteiger partial charge in [-0.15, -0.1) is 0 Å². The molecule has 40 heavy (non-hydrogen) atoms. The van der Waals surface area contributed by atoms with E-state index in [2.05, 4.69) is 24.5 Å². The molecule has 5 atom stereocenters. The fourth-order valence-electron chi connectivity index (χ4n) is 5.15. The number of carbonyl (C=O) groups is 3. The number of nitrogens with one attached hydrogen (secondary N) is 2. The zero-order valence-corrected chi connectivity index (χ0v) is 25.4. The Bertz CT molecular complexity index is 1170. The summed E-state index contributed by atoms with van der Waals surface area (Å²) >= 11 is 0. The van der Waals surface area contributed by atoms with Crippen molar-refractivity contribution < 1.29 is 19.1 Å². The number of amides is 3. The second kappa shape index (κ2) is 13.3. The summed E-state index contributed by atoms with van der Waals surface area (Å²) < 4.78 is 5.54. The van der Waals surface area contributed by atoms with Crippen molar-refractivity contribution in [3.63, 3.8) is 0 Å². The van der Waals surface area contributed by atoms with Crippen LogP contribution in [0, 0.1) is 19.8 Å². The summed E-state index contributed by atoms with van der Waals surface area (Å²) in [4.78, 5) is 43.3. The van der Waals surface area contributed by atoms with Crippen LogP contribution < -0.4 is 10.6 Å². The number of alkyl carbamates (subject to hydrolysis) is 1. The van der Waals surface area contributed by atoms with Gasteiger partial charge in [-0.1, -0.05) is 74.4 Å². The zero-order chi connectivity index (χ0) is 29.6. The van der Waals surface area contributed by atoms with Crippen LogP contribution in [0.15, 0.2) is 48.5 Å². The minimum atomic E-state index is -0.904. The number of nitrogens with zero attached hydrogens (tertiary/aromatic N) is 1. The molecule has 2 aromatic rings. The van der Waals surface area contributed by atoms with Crippen LogP contribution in [0.3, 0.4) is 0 Å². The van der Waals surface area contributed by atoms with Crippen LogP contribution in [0.25, 0.3) is 0 Å². The van der Waals surface area contributed by atoms with Crippen molar-refractivity contribution in [2.45, 2.75) is 111 Å². The quantitative estimate of drug-likeness (QED) is 0.359. The number of aryl methyl sites for hydroxylation is 2. The molecule has 7 nitrogen and oxygen atoms in total. The van der Waals surface area contributed by atoms with Gasteiger partial charge in [-0.2, -0.15) is 0 Å². The lowest BCUT2D eigenvalue weighted by atomic mass is 9.95. The Labute approximate surface area is 240 Å². The molecule has 218 valence electrons. The van der Waals surface area contributed by atoms with E-state index in [0.29, 0.717) is 0 Å². The van der Waals surface area contributed by atoms with Gasteiger partial charge in [0.05, 0.1) is 0 Å². The molecule has 0 aliphatic heterocycles. The number of hydrogen-bond acceptors (Lipinski definition) is 4. The van der Waals surface area contributed by atoms with Gasteiger partial charge < -0.3 is 20.3 Å². The third-order valence-electron chi connectivity index (χ3n) is 7.32. The molecule has 1 saturated carbocycles. The van der Waals surface area contributed by atoms with Crippen LogP contribution >= 0.6 is 0 Å². The normalized spacial score (nSPS) is 18.7. The smallest absolute Gasteiger partial charge is 0.408 e. The molecule has 0 spiro atoms. The largest absolute Gasteiger partial charge is 0.444 e. The number of hydrogen-bond donors (Lipinski definition) is 2. The predicted molar refractivity (Wildman–Crippen MR) is 159 cm³/mol. The summed E-state index contributed by atoms with van der Waals surface area (Å²) in [6.07, 6.45) is 2.21. The zero-order valence-electron chi connectivity index (χ0n) is 25.4. The summed E-state index contributed by atoms with van der Waals surface area (Å²) in [5.41, 5.74) is 2.96. The molecule has 2 aromatic carbocycles. The van der Waals surface area contributed by atoms with Gasteiger partial charge in [0.15, 0.2) is 0 Å². The van der Waals surface area contributed by atoms with E-state index in [-0.39, 0.29) is 36.2 Å². The Hall–Kier alpha value is -3.35. The first-order valence-electron chi connectivity index (χ1n) is 14.5. The summed E-state index contributed by atoms with van der Waals surface area (Å²) in [5, 5.41) is 6.02. The maximum atomic E-state index is 14.6. The van der Waals surface area contributed by atoms with Crippen molar-refractivity contribution >= 4 is 17.9 Å². The van der Waals surface area contributed by atoms with E-state index < -0.39 is 23.8 Å². The molecular weight excluding hydrogens is 502 g/mol. The molecule has 1 aliphatic rings. The third-order valence-corrected chi connectivity index (χ3v) is 7.32. The van der Waals surface area contributed by atoms with Crippen LogP contribution in [0.1, 0.15) is 89.1 Å². The molecule has 3 rings (SSSR count). The molecule has 5 unspecified atom stereocenters. The minimum absolute atomic E-state index is 0.0290. The average Bonchev–Trinajstić information content (AvgIpc) is 3.58. The van der Waals surface area contributed by atoms with E-state index in [1.54, 1.807) is 25.7 Å². The second-order valence-electron chi connectivity index (χ2n) is 12.4. The predicted octanol–water partition coefficient (Wildman–Crippen LogP) is 6.02. The molecule has 0 aromatic heterocycles.